The van der Waals surface area contributed by atoms with Gasteiger partial charge in [0.1, 0.15) is 0 Å². The highest BCUT2D eigenvalue weighted by atomic mass is 16.5. The van der Waals surface area contributed by atoms with Gasteiger partial charge in [-0.15, -0.1) is 0 Å². The fraction of sp³-hybridized carbons (Fsp3) is 0.778. The number of carbonyl (C=O) groups is 1. The number of hydrogen-bond donors (Lipinski definition) is 1. The van der Waals surface area contributed by atoms with Gasteiger partial charge in [0.15, 0.2) is 5.69 Å². The van der Waals surface area contributed by atoms with E-state index < -0.39 is 0 Å². The van der Waals surface area contributed by atoms with Gasteiger partial charge in [0.25, 0.3) is 5.91 Å². The molecule has 0 bridgehead atoms. The van der Waals surface area contributed by atoms with Crippen LogP contribution in [0.3, 0.4) is 0 Å². The molecule has 6 heteroatoms. The quantitative estimate of drug-likeness (QED) is 0.856. The van der Waals surface area contributed by atoms with Crippen LogP contribution in [-0.2, 0) is 11.2 Å². The van der Waals surface area contributed by atoms with Crippen molar-refractivity contribution in [1.29, 1.82) is 0 Å². The molecule has 1 spiro atoms. The normalized spacial score (nSPS) is 29.9. The molecule has 0 aliphatic carbocycles. The molecule has 3 aliphatic heterocycles. The van der Waals surface area contributed by atoms with Gasteiger partial charge in [0.05, 0.1) is 17.9 Å². The Balaban J connectivity index is 1.50. The van der Waals surface area contributed by atoms with E-state index in [1.807, 2.05) is 11.8 Å². The van der Waals surface area contributed by atoms with Crippen molar-refractivity contribution >= 4 is 5.91 Å². The van der Waals surface area contributed by atoms with E-state index in [1.54, 1.807) is 0 Å². The Morgan fingerprint density at radius 3 is 2.67 bits per heavy atom. The molecular weight excluding hydrogens is 304 g/mol. The van der Waals surface area contributed by atoms with Gasteiger partial charge in [-0.3, -0.25) is 9.89 Å². The maximum absolute atomic E-state index is 13.0. The number of H-pyrrole nitrogens is 1. The van der Waals surface area contributed by atoms with E-state index in [1.165, 1.54) is 19.4 Å². The van der Waals surface area contributed by atoms with Crippen LogP contribution in [0.15, 0.2) is 0 Å². The van der Waals surface area contributed by atoms with Crippen LogP contribution in [-0.4, -0.2) is 64.2 Å². The summed E-state index contributed by atoms with van der Waals surface area (Å²) < 4.78 is 5.82. The molecule has 2 atom stereocenters. The first kappa shape index (κ1) is 16.1. The number of amides is 1. The van der Waals surface area contributed by atoms with Crippen LogP contribution in [0.5, 0.6) is 0 Å². The number of nitrogens with zero attached hydrogens (tertiary/aromatic N) is 3. The van der Waals surface area contributed by atoms with Crippen molar-refractivity contribution in [3.8, 4) is 0 Å². The largest absolute Gasteiger partial charge is 0.369 e. The van der Waals surface area contributed by atoms with Crippen LogP contribution in [0.2, 0.25) is 0 Å². The van der Waals surface area contributed by atoms with Gasteiger partial charge in [-0.1, -0.05) is 0 Å². The van der Waals surface area contributed by atoms with Crippen molar-refractivity contribution in [2.45, 2.75) is 63.7 Å². The van der Waals surface area contributed by atoms with Gasteiger partial charge in [-0.05, 0) is 53.1 Å². The van der Waals surface area contributed by atoms with E-state index in [9.17, 15) is 4.79 Å². The van der Waals surface area contributed by atoms with Crippen molar-refractivity contribution in [3.05, 3.63) is 17.0 Å². The number of aromatic nitrogens is 2. The first-order valence-corrected chi connectivity index (χ1v) is 9.23. The molecule has 2 saturated heterocycles. The molecule has 132 valence electrons. The van der Waals surface area contributed by atoms with E-state index in [4.69, 9.17) is 4.74 Å². The molecule has 0 radical (unpaired) electrons. The molecule has 0 saturated carbocycles. The molecule has 1 aromatic rings. The third-order valence-corrected chi connectivity index (χ3v) is 6.36. The standard InChI is InChI=1S/C18H28N4O2/c1-12-11-14-15(13(2)24-12)19-20-16(14)17(23)22-9-6-18(7-10-22)5-4-8-21(18)3/h12-13H,4-11H2,1-3H3,(H,19,20)/t12-,13+/m1/s1. The maximum atomic E-state index is 13.0. The van der Waals surface area contributed by atoms with Crippen molar-refractivity contribution in [1.82, 2.24) is 20.0 Å². The lowest BCUT2D eigenvalue weighted by Gasteiger charge is -2.43. The molecule has 4 rings (SSSR count). The second-order valence-electron chi connectivity index (χ2n) is 7.80. The number of ether oxygens (including phenoxy) is 1. The van der Waals surface area contributed by atoms with E-state index in [-0.39, 0.29) is 18.1 Å². The molecule has 1 amide bonds. The average Bonchev–Trinajstić information content (AvgIpc) is 3.12. The molecule has 6 nitrogen and oxygen atoms in total. The number of piperidine rings is 1. The molecule has 24 heavy (non-hydrogen) atoms. The highest BCUT2D eigenvalue weighted by Gasteiger charge is 2.42. The average molecular weight is 332 g/mol. The fourth-order valence-corrected chi connectivity index (χ4v) is 4.83. The number of likely N-dealkylation sites (tertiary alicyclic amines) is 2. The lowest BCUT2D eigenvalue weighted by Crippen LogP contribution is -2.52. The molecule has 3 aliphatic rings. The van der Waals surface area contributed by atoms with Crippen molar-refractivity contribution in [3.63, 3.8) is 0 Å². The molecule has 0 unspecified atom stereocenters. The minimum Gasteiger partial charge on any atom is -0.369 e. The highest BCUT2D eigenvalue weighted by Crippen LogP contribution is 2.38. The SMILES string of the molecule is C[C@@H]1Cc2c(C(=O)N3CCC4(CCCN4C)CC3)n[nH]c2[C@H](C)O1. The van der Waals surface area contributed by atoms with Crippen LogP contribution < -0.4 is 0 Å². The van der Waals surface area contributed by atoms with Gasteiger partial charge < -0.3 is 14.5 Å². The molecule has 1 aromatic heterocycles. The number of hydrogen-bond acceptors (Lipinski definition) is 4. The summed E-state index contributed by atoms with van der Waals surface area (Å²) in [7, 11) is 2.23. The first-order chi connectivity index (χ1) is 11.5. The Kier molecular flexibility index (Phi) is 3.92. The predicted molar refractivity (Wildman–Crippen MR) is 91.0 cm³/mol. The Morgan fingerprint density at radius 1 is 1.25 bits per heavy atom. The topological polar surface area (TPSA) is 61.5 Å². The summed E-state index contributed by atoms with van der Waals surface area (Å²) in [4.78, 5) is 17.5. The highest BCUT2D eigenvalue weighted by molar-refractivity contribution is 5.94. The van der Waals surface area contributed by atoms with Crippen LogP contribution in [0.25, 0.3) is 0 Å². The Labute approximate surface area is 143 Å². The Bertz CT molecular complexity index is 633. The Morgan fingerprint density at radius 2 is 2.00 bits per heavy atom. The summed E-state index contributed by atoms with van der Waals surface area (Å²) in [5.74, 6) is 0.0873. The van der Waals surface area contributed by atoms with Crippen molar-refractivity contribution in [2.24, 2.45) is 0 Å². The fourth-order valence-electron chi connectivity index (χ4n) is 4.83. The lowest BCUT2D eigenvalue weighted by molar-refractivity contribution is -0.00705. The minimum atomic E-state index is -0.0189. The summed E-state index contributed by atoms with van der Waals surface area (Å²) in [5.41, 5.74) is 2.98. The summed E-state index contributed by atoms with van der Waals surface area (Å²) >= 11 is 0. The van der Waals surface area contributed by atoms with Crippen LogP contribution in [0.4, 0.5) is 0 Å². The number of fused-ring (bicyclic) bond motifs is 1. The third-order valence-electron chi connectivity index (χ3n) is 6.36. The number of nitrogens with one attached hydrogen (secondary N) is 1. The smallest absolute Gasteiger partial charge is 0.274 e. The summed E-state index contributed by atoms with van der Waals surface area (Å²) in [6.07, 6.45) is 5.60. The zero-order chi connectivity index (χ0) is 16.9. The summed E-state index contributed by atoms with van der Waals surface area (Å²) in [5, 5.41) is 7.40. The second-order valence-corrected chi connectivity index (χ2v) is 7.80. The second kappa shape index (κ2) is 5.85. The molecular formula is C18H28N4O2. The van der Waals surface area contributed by atoms with Crippen LogP contribution in [0, 0.1) is 0 Å². The summed E-state index contributed by atoms with van der Waals surface area (Å²) in [6.45, 7) is 6.94. The van der Waals surface area contributed by atoms with Gasteiger partial charge in [0.2, 0.25) is 0 Å². The maximum Gasteiger partial charge on any atom is 0.274 e. The van der Waals surface area contributed by atoms with E-state index in [0.717, 1.165) is 43.6 Å². The van der Waals surface area contributed by atoms with E-state index >= 15 is 0 Å². The van der Waals surface area contributed by atoms with Gasteiger partial charge in [0, 0.05) is 30.6 Å². The molecule has 2 fully saturated rings. The zero-order valence-corrected chi connectivity index (χ0v) is 15.0. The number of carbonyl (C=O) groups excluding carboxylic acids is 1. The van der Waals surface area contributed by atoms with Crippen LogP contribution in [0.1, 0.15) is 67.4 Å². The third kappa shape index (κ3) is 2.47. The monoisotopic (exact) mass is 332 g/mol. The van der Waals surface area contributed by atoms with Crippen LogP contribution >= 0.6 is 0 Å². The number of aromatic amines is 1. The molecule has 1 N–H and O–H groups in total. The van der Waals surface area contributed by atoms with Gasteiger partial charge in [-0.2, -0.15) is 5.10 Å². The first-order valence-electron chi connectivity index (χ1n) is 9.23. The zero-order valence-electron chi connectivity index (χ0n) is 15.0. The molecule has 0 aromatic carbocycles. The van der Waals surface area contributed by atoms with E-state index in [2.05, 4.69) is 29.1 Å². The van der Waals surface area contributed by atoms with Crippen molar-refractivity contribution < 1.29 is 9.53 Å². The van der Waals surface area contributed by atoms with Gasteiger partial charge in [-0.25, -0.2) is 0 Å². The minimum absolute atomic E-state index is 0.0189. The van der Waals surface area contributed by atoms with Crippen molar-refractivity contribution in [2.75, 3.05) is 26.7 Å². The summed E-state index contributed by atoms with van der Waals surface area (Å²) in [6, 6.07) is 0. The Hall–Kier alpha value is -1.40. The van der Waals surface area contributed by atoms with Gasteiger partial charge >= 0.3 is 0 Å². The lowest BCUT2D eigenvalue weighted by atomic mass is 9.85. The number of rotatable bonds is 1. The van der Waals surface area contributed by atoms with E-state index in [0.29, 0.717) is 11.2 Å². The predicted octanol–water partition coefficient (Wildman–Crippen LogP) is 2.13. The molecule has 4 heterocycles.